The number of carbonyl (C=O) groups excluding carboxylic acids is 3. The van der Waals surface area contributed by atoms with Gasteiger partial charge in [0.05, 0.1) is 15.3 Å². The molecule has 4 rings (SSSR count). The molecule has 0 aliphatic rings. The number of halogens is 2. The molecular formula is C34H31Cl2N3O3S. The summed E-state index contributed by atoms with van der Waals surface area (Å²) in [4.78, 5) is 40.0. The van der Waals surface area contributed by atoms with E-state index in [-0.39, 0.29) is 16.6 Å². The minimum Gasteiger partial charge on any atom is -0.325 e. The molecular weight excluding hydrogens is 601 g/mol. The number of hydrogen-bond donors (Lipinski definition) is 3. The third-order valence-electron chi connectivity index (χ3n) is 6.43. The highest BCUT2D eigenvalue weighted by molar-refractivity contribution is 8.00. The summed E-state index contributed by atoms with van der Waals surface area (Å²) in [5.41, 5.74) is 3.26. The fourth-order valence-electron chi connectivity index (χ4n) is 4.03. The van der Waals surface area contributed by atoms with Crippen molar-refractivity contribution in [1.82, 2.24) is 5.32 Å². The normalized spacial score (nSPS) is 12.0. The molecule has 0 heterocycles. The molecule has 0 fully saturated rings. The maximum absolute atomic E-state index is 13.4. The lowest BCUT2D eigenvalue weighted by molar-refractivity contribution is -0.115. The summed E-state index contributed by atoms with van der Waals surface area (Å²) < 4.78 is 0. The van der Waals surface area contributed by atoms with E-state index in [2.05, 4.69) is 29.8 Å². The van der Waals surface area contributed by atoms with Crippen LogP contribution in [-0.4, -0.2) is 23.0 Å². The van der Waals surface area contributed by atoms with Crippen LogP contribution in [0.3, 0.4) is 0 Å². The molecule has 0 aliphatic carbocycles. The first-order valence-corrected chi connectivity index (χ1v) is 15.2. The number of hydrogen-bond acceptors (Lipinski definition) is 4. The summed E-state index contributed by atoms with van der Waals surface area (Å²) >= 11 is 13.9. The van der Waals surface area contributed by atoms with Gasteiger partial charge < -0.3 is 16.0 Å². The Bertz CT molecular complexity index is 1640. The van der Waals surface area contributed by atoms with Gasteiger partial charge in [-0.2, -0.15) is 0 Å². The van der Waals surface area contributed by atoms with Crippen LogP contribution >= 0.6 is 35.0 Å². The SMILES string of the molecule is CC(Sc1cccc(NC(=O)/C(=C\c2cccc(Cl)c2Cl)NC(=O)c2ccccc2)c1)C(=O)Nc1ccc(C(C)C)cc1. The molecule has 3 amide bonds. The molecule has 4 aromatic rings. The van der Waals surface area contributed by atoms with Gasteiger partial charge in [-0.25, -0.2) is 0 Å². The van der Waals surface area contributed by atoms with Crippen molar-refractivity contribution in [3.63, 3.8) is 0 Å². The molecule has 43 heavy (non-hydrogen) atoms. The summed E-state index contributed by atoms with van der Waals surface area (Å²) in [6, 6.07) is 28.6. The number of anilines is 2. The molecule has 6 nitrogen and oxygen atoms in total. The van der Waals surface area contributed by atoms with Gasteiger partial charge >= 0.3 is 0 Å². The highest BCUT2D eigenvalue weighted by atomic mass is 35.5. The van der Waals surface area contributed by atoms with E-state index in [0.717, 1.165) is 10.6 Å². The van der Waals surface area contributed by atoms with E-state index in [0.29, 0.717) is 27.8 Å². The molecule has 3 N–H and O–H groups in total. The summed E-state index contributed by atoms with van der Waals surface area (Å²) in [6.07, 6.45) is 1.48. The minimum absolute atomic E-state index is 0.0210. The van der Waals surface area contributed by atoms with Gasteiger partial charge in [0.25, 0.3) is 11.8 Å². The zero-order valence-corrected chi connectivity index (χ0v) is 26.2. The van der Waals surface area contributed by atoms with Gasteiger partial charge in [-0.3, -0.25) is 14.4 Å². The zero-order chi connectivity index (χ0) is 30.9. The Morgan fingerprint density at radius 2 is 1.47 bits per heavy atom. The van der Waals surface area contributed by atoms with Crippen LogP contribution in [0.5, 0.6) is 0 Å². The quantitative estimate of drug-likeness (QED) is 0.121. The van der Waals surface area contributed by atoms with Crippen LogP contribution in [0.1, 0.15) is 48.2 Å². The van der Waals surface area contributed by atoms with Gasteiger partial charge in [-0.15, -0.1) is 11.8 Å². The van der Waals surface area contributed by atoms with Gasteiger partial charge in [0.1, 0.15) is 5.70 Å². The Morgan fingerprint density at radius 1 is 0.767 bits per heavy atom. The van der Waals surface area contributed by atoms with Gasteiger partial charge in [0.2, 0.25) is 5.91 Å². The second-order valence-corrected chi connectivity index (χ2v) is 12.2. The molecule has 9 heteroatoms. The smallest absolute Gasteiger partial charge is 0.272 e. The molecule has 1 unspecified atom stereocenters. The minimum atomic E-state index is -0.557. The summed E-state index contributed by atoms with van der Waals surface area (Å²) in [5, 5.41) is 8.66. The number of amides is 3. The van der Waals surface area contributed by atoms with Gasteiger partial charge in [-0.1, -0.05) is 85.6 Å². The van der Waals surface area contributed by atoms with Crippen molar-refractivity contribution in [3.8, 4) is 0 Å². The van der Waals surface area contributed by atoms with E-state index >= 15 is 0 Å². The summed E-state index contributed by atoms with van der Waals surface area (Å²) in [6.45, 7) is 6.06. The zero-order valence-electron chi connectivity index (χ0n) is 23.9. The van der Waals surface area contributed by atoms with Crippen LogP contribution in [0.4, 0.5) is 11.4 Å². The highest BCUT2D eigenvalue weighted by Gasteiger charge is 2.18. The molecule has 0 saturated heterocycles. The molecule has 0 bridgehead atoms. The van der Waals surface area contributed by atoms with Crippen molar-refractivity contribution >= 4 is 70.1 Å². The summed E-state index contributed by atoms with van der Waals surface area (Å²) in [7, 11) is 0. The van der Waals surface area contributed by atoms with Crippen molar-refractivity contribution in [3.05, 3.63) is 129 Å². The third kappa shape index (κ3) is 8.97. The monoisotopic (exact) mass is 631 g/mol. The Balaban J connectivity index is 1.48. The second kappa shape index (κ2) is 14.9. The highest BCUT2D eigenvalue weighted by Crippen LogP contribution is 2.29. The molecule has 0 aliphatic heterocycles. The lowest BCUT2D eigenvalue weighted by atomic mass is 10.0. The Hall–Kier alpha value is -4.04. The molecule has 1 atom stereocenters. The standard InChI is InChI=1S/C34H31Cl2N3O3S/c1-21(2)23-15-17-26(18-16-23)37-32(40)22(3)43-28-13-8-12-27(20-28)38-34(42)30(19-25-11-7-14-29(35)31(25)36)39-33(41)24-9-5-4-6-10-24/h4-22H,1-3H3,(H,37,40)(H,38,42)(H,39,41)/b30-19+. The van der Waals surface area contributed by atoms with Crippen molar-refractivity contribution < 1.29 is 14.4 Å². The first-order chi connectivity index (χ1) is 20.6. The summed E-state index contributed by atoms with van der Waals surface area (Å²) in [5.74, 6) is -0.737. The fourth-order valence-corrected chi connectivity index (χ4v) is 5.32. The van der Waals surface area contributed by atoms with Crippen LogP contribution in [0, 0.1) is 0 Å². The number of rotatable bonds is 10. The average Bonchev–Trinajstić information content (AvgIpc) is 2.99. The largest absolute Gasteiger partial charge is 0.325 e. The maximum Gasteiger partial charge on any atom is 0.272 e. The van der Waals surface area contributed by atoms with E-state index in [9.17, 15) is 14.4 Å². The van der Waals surface area contributed by atoms with Crippen molar-refractivity contribution in [2.45, 2.75) is 36.8 Å². The average molecular weight is 633 g/mol. The lowest BCUT2D eigenvalue weighted by Gasteiger charge is -2.15. The van der Waals surface area contributed by atoms with E-state index in [1.54, 1.807) is 66.7 Å². The van der Waals surface area contributed by atoms with Crippen molar-refractivity contribution in [2.24, 2.45) is 0 Å². The number of thioether (sulfide) groups is 1. The second-order valence-electron chi connectivity index (χ2n) is 10.0. The van der Waals surface area contributed by atoms with E-state index in [1.165, 1.54) is 23.4 Å². The molecule has 0 saturated carbocycles. The Morgan fingerprint density at radius 3 is 2.16 bits per heavy atom. The van der Waals surface area contributed by atoms with E-state index in [4.69, 9.17) is 23.2 Å². The molecule has 0 radical (unpaired) electrons. The van der Waals surface area contributed by atoms with Crippen LogP contribution < -0.4 is 16.0 Å². The topological polar surface area (TPSA) is 87.3 Å². The van der Waals surface area contributed by atoms with Crippen LogP contribution in [0.2, 0.25) is 10.0 Å². The van der Waals surface area contributed by atoms with Crippen molar-refractivity contribution in [1.29, 1.82) is 0 Å². The number of carbonyl (C=O) groups is 3. The molecule has 0 aromatic heterocycles. The predicted octanol–water partition coefficient (Wildman–Crippen LogP) is 8.65. The van der Waals surface area contributed by atoms with Crippen molar-refractivity contribution in [2.75, 3.05) is 10.6 Å². The van der Waals surface area contributed by atoms with Crippen LogP contribution in [0.25, 0.3) is 6.08 Å². The number of benzene rings is 4. The van der Waals surface area contributed by atoms with Gasteiger partial charge in [-0.05, 0) is 78.6 Å². The molecule has 4 aromatic carbocycles. The van der Waals surface area contributed by atoms with E-state index < -0.39 is 17.1 Å². The van der Waals surface area contributed by atoms with Crippen LogP contribution in [0.15, 0.2) is 108 Å². The molecule has 220 valence electrons. The fraction of sp³-hybridized carbons (Fsp3) is 0.147. The Labute approximate surface area is 265 Å². The van der Waals surface area contributed by atoms with Gasteiger partial charge in [0, 0.05) is 21.8 Å². The predicted molar refractivity (Wildman–Crippen MR) is 178 cm³/mol. The molecule has 0 spiro atoms. The first kappa shape index (κ1) is 31.9. The first-order valence-electron chi connectivity index (χ1n) is 13.6. The van der Waals surface area contributed by atoms with Crippen LogP contribution in [-0.2, 0) is 9.59 Å². The Kier molecular flexibility index (Phi) is 11.1. The van der Waals surface area contributed by atoms with Gasteiger partial charge in [0.15, 0.2) is 0 Å². The lowest BCUT2D eigenvalue weighted by Crippen LogP contribution is -2.30. The number of nitrogens with one attached hydrogen (secondary N) is 3. The van der Waals surface area contributed by atoms with E-state index in [1.807, 2.05) is 37.3 Å². The maximum atomic E-state index is 13.4. The third-order valence-corrected chi connectivity index (χ3v) is 8.36.